The van der Waals surface area contributed by atoms with Crippen molar-refractivity contribution in [2.24, 2.45) is 5.92 Å². The molecule has 0 aromatic heterocycles. The summed E-state index contributed by atoms with van der Waals surface area (Å²) in [6.07, 6.45) is 4.28. The van der Waals surface area contributed by atoms with Gasteiger partial charge in [0.25, 0.3) is 10.1 Å². The van der Waals surface area contributed by atoms with Crippen molar-refractivity contribution in [1.29, 1.82) is 0 Å². The van der Waals surface area contributed by atoms with Gasteiger partial charge in [-0.3, -0.25) is 4.18 Å². The van der Waals surface area contributed by atoms with Gasteiger partial charge in [-0.2, -0.15) is 8.42 Å². The van der Waals surface area contributed by atoms with Gasteiger partial charge >= 0.3 is 0 Å². The zero-order valence-corrected chi connectivity index (χ0v) is 8.84. The molecule has 0 unspecified atom stereocenters. The zero-order valence-electron chi connectivity index (χ0n) is 8.02. The molecule has 0 aliphatic heterocycles. The van der Waals surface area contributed by atoms with Gasteiger partial charge in [-0.1, -0.05) is 0 Å². The Kier molecular flexibility index (Phi) is 3.70. The largest absolute Gasteiger partial charge is 0.381 e. The van der Waals surface area contributed by atoms with Crippen LogP contribution < -0.4 is 0 Å². The van der Waals surface area contributed by atoms with Crippen LogP contribution in [0.5, 0.6) is 0 Å². The summed E-state index contributed by atoms with van der Waals surface area (Å²) in [5.74, 6) is 0.333. The lowest BCUT2D eigenvalue weighted by molar-refractivity contribution is 0.102. The van der Waals surface area contributed by atoms with E-state index in [4.69, 9.17) is 8.92 Å². The average molecular weight is 208 g/mol. The van der Waals surface area contributed by atoms with E-state index < -0.39 is 10.1 Å². The first kappa shape index (κ1) is 10.9. The minimum atomic E-state index is -3.28. The standard InChI is InChI=1S/C8H16O4S/c1-11-8-4-3-7(5-8)6-12-13(2,9)10/h7-8H,3-6H2,1-2H3/t7-,8-/m0/s1. The summed E-state index contributed by atoms with van der Waals surface area (Å²) in [7, 11) is -1.59. The highest BCUT2D eigenvalue weighted by molar-refractivity contribution is 7.85. The number of hydrogen-bond donors (Lipinski definition) is 0. The number of ether oxygens (including phenoxy) is 1. The Labute approximate surface area is 79.3 Å². The van der Waals surface area contributed by atoms with E-state index >= 15 is 0 Å². The molecule has 1 saturated carbocycles. The Hall–Kier alpha value is -0.130. The van der Waals surface area contributed by atoms with Crippen molar-refractivity contribution >= 4 is 10.1 Å². The summed E-state index contributed by atoms with van der Waals surface area (Å²) < 4.78 is 31.3. The van der Waals surface area contributed by atoms with Crippen LogP contribution in [-0.2, 0) is 19.0 Å². The maximum absolute atomic E-state index is 10.7. The molecular weight excluding hydrogens is 192 g/mol. The Morgan fingerprint density at radius 2 is 2.08 bits per heavy atom. The molecule has 0 spiro atoms. The fourth-order valence-corrected chi connectivity index (χ4v) is 2.05. The van der Waals surface area contributed by atoms with E-state index in [1.165, 1.54) is 0 Å². The minimum absolute atomic E-state index is 0.285. The van der Waals surface area contributed by atoms with E-state index in [9.17, 15) is 8.42 Å². The summed E-state index contributed by atoms with van der Waals surface area (Å²) in [6.45, 7) is 0.304. The lowest BCUT2D eigenvalue weighted by Gasteiger charge is -2.09. The van der Waals surface area contributed by atoms with E-state index in [1.807, 2.05) is 0 Å². The lowest BCUT2D eigenvalue weighted by Crippen LogP contribution is -2.12. The summed E-state index contributed by atoms with van der Waals surface area (Å²) in [4.78, 5) is 0. The fourth-order valence-electron chi connectivity index (χ4n) is 1.61. The first-order chi connectivity index (χ1) is 6.01. The fraction of sp³-hybridized carbons (Fsp3) is 1.00. The van der Waals surface area contributed by atoms with Crippen molar-refractivity contribution in [3.8, 4) is 0 Å². The molecular formula is C8H16O4S. The van der Waals surface area contributed by atoms with Crippen LogP contribution in [0.3, 0.4) is 0 Å². The first-order valence-corrected chi connectivity index (χ1v) is 6.20. The maximum atomic E-state index is 10.7. The average Bonchev–Trinajstić information content (AvgIpc) is 2.47. The summed E-state index contributed by atoms with van der Waals surface area (Å²) in [5, 5.41) is 0. The molecule has 4 nitrogen and oxygen atoms in total. The monoisotopic (exact) mass is 208 g/mol. The smallest absolute Gasteiger partial charge is 0.264 e. The number of rotatable bonds is 4. The highest BCUT2D eigenvalue weighted by atomic mass is 32.2. The van der Waals surface area contributed by atoms with E-state index in [0.717, 1.165) is 25.5 Å². The Morgan fingerprint density at radius 3 is 2.54 bits per heavy atom. The normalized spacial score (nSPS) is 29.4. The van der Waals surface area contributed by atoms with Crippen LogP contribution in [0.25, 0.3) is 0 Å². The predicted molar refractivity (Wildman–Crippen MR) is 48.9 cm³/mol. The van der Waals surface area contributed by atoms with Crippen LogP contribution in [-0.4, -0.2) is 34.5 Å². The van der Waals surface area contributed by atoms with Crippen LogP contribution >= 0.6 is 0 Å². The SMILES string of the molecule is CO[C@H]1CC[C@H](COS(C)(=O)=O)C1. The van der Waals surface area contributed by atoms with E-state index in [1.54, 1.807) is 7.11 Å². The van der Waals surface area contributed by atoms with Gasteiger partial charge in [0.1, 0.15) is 0 Å². The summed E-state index contributed by atoms with van der Waals surface area (Å²) in [6, 6.07) is 0. The predicted octanol–water partition coefficient (Wildman–Crippen LogP) is 0.778. The molecule has 1 aliphatic carbocycles. The third-order valence-corrected chi connectivity index (χ3v) is 2.91. The molecule has 0 N–H and O–H groups in total. The van der Waals surface area contributed by atoms with Gasteiger partial charge in [0.15, 0.2) is 0 Å². The third kappa shape index (κ3) is 4.06. The van der Waals surface area contributed by atoms with Crippen LogP contribution in [0.1, 0.15) is 19.3 Å². The molecule has 78 valence electrons. The molecule has 0 amide bonds. The molecule has 0 aromatic carbocycles. The second-order valence-electron chi connectivity index (χ2n) is 3.53. The molecule has 5 heteroatoms. The summed E-state index contributed by atoms with van der Waals surface area (Å²) >= 11 is 0. The van der Waals surface area contributed by atoms with Gasteiger partial charge in [0.2, 0.25) is 0 Å². The van der Waals surface area contributed by atoms with Gasteiger partial charge < -0.3 is 4.74 Å². The van der Waals surface area contributed by atoms with Crippen molar-refractivity contribution in [1.82, 2.24) is 0 Å². The molecule has 1 aliphatic rings. The van der Waals surface area contributed by atoms with E-state index in [-0.39, 0.29) is 6.10 Å². The second-order valence-corrected chi connectivity index (χ2v) is 5.17. The number of methoxy groups -OCH3 is 1. The van der Waals surface area contributed by atoms with Crippen LogP contribution in [0, 0.1) is 5.92 Å². The highest BCUT2D eigenvalue weighted by Gasteiger charge is 2.25. The van der Waals surface area contributed by atoms with Crippen LogP contribution in [0.4, 0.5) is 0 Å². The van der Waals surface area contributed by atoms with Crippen molar-refractivity contribution in [3.05, 3.63) is 0 Å². The van der Waals surface area contributed by atoms with Crippen molar-refractivity contribution < 1.29 is 17.3 Å². The topological polar surface area (TPSA) is 52.6 Å². The minimum Gasteiger partial charge on any atom is -0.381 e. The zero-order chi connectivity index (χ0) is 9.90. The Bertz CT molecular complexity index is 247. The molecule has 0 saturated heterocycles. The van der Waals surface area contributed by atoms with Gasteiger partial charge in [0.05, 0.1) is 19.0 Å². The second kappa shape index (κ2) is 4.39. The number of hydrogen-bond acceptors (Lipinski definition) is 4. The third-order valence-electron chi connectivity index (χ3n) is 2.34. The molecule has 13 heavy (non-hydrogen) atoms. The highest BCUT2D eigenvalue weighted by Crippen LogP contribution is 2.27. The first-order valence-electron chi connectivity index (χ1n) is 4.38. The van der Waals surface area contributed by atoms with Gasteiger partial charge in [0, 0.05) is 7.11 Å². The molecule has 2 atom stereocenters. The molecule has 0 radical (unpaired) electrons. The Morgan fingerprint density at radius 1 is 1.38 bits per heavy atom. The van der Waals surface area contributed by atoms with Crippen LogP contribution in [0.15, 0.2) is 0 Å². The molecule has 0 bridgehead atoms. The molecule has 0 heterocycles. The lowest BCUT2D eigenvalue weighted by atomic mass is 10.1. The maximum Gasteiger partial charge on any atom is 0.264 e. The van der Waals surface area contributed by atoms with Gasteiger partial charge in [-0.15, -0.1) is 0 Å². The van der Waals surface area contributed by atoms with Crippen molar-refractivity contribution in [2.45, 2.75) is 25.4 Å². The molecule has 1 fully saturated rings. The van der Waals surface area contributed by atoms with Gasteiger partial charge in [-0.05, 0) is 25.2 Å². The quantitative estimate of drug-likeness (QED) is 0.641. The van der Waals surface area contributed by atoms with Crippen LogP contribution in [0.2, 0.25) is 0 Å². The Balaban J connectivity index is 2.25. The van der Waals surface area contributed by atoms with Gasteiger partial charge in [-0.25, -0.2) is 0 Å². The molecule has 0 aromatic rings. The van der Waals surface area contributed by atoms with E-state index in [2.05, 4.69) is 0 Å². The van der Waals surface area contributed by atoms with Crippen molar-refractivity contribution in [2.75, 3.05) is 20.0 Å². The van der Waals surface area contributed by atoms with Crippen molar-refractivity contribution in [3.63, 3.8) is 0 Å². The summed E-state index contributed by atoms with van der Waals surface area (Å²) in [5.41, 5.74) is 0. The van der Waals surface area contributed by atoms with E-state index in [0.29, 0.717) is 12.5 Å². The molecule has 1 rings (SSSR count).